The van der Waals surface area contributed by atoms with Crippen LogP contribution in [0.5, 0.6) is 0 Å². The van der Waals surface area contributed by atoms with Crippen LogP contribution in [0.4, 0.5) is 0 Å². The van der Waals surface area contributed by atoms with Crippen molar-refractivity contribution in [3.8, 4) is 0 Å². The van der Waals surface area contributed by atoms with Crippen LogP contribution >= 0.6 is 0 Å². The predicted octanol–water partition coefficient (Wildman–Crippen LogP) is 2.68. The summed E-state index contributed by atoms with van der Waals surface area (Å²) in [4.78, 5) is 0. The molecule has 1 aromatic rings. The monoisotopic (exact) mass is 180 g/mol. The Bertz CT molecular complexity index is 256. The summed E-state index contributed by atoms with van der Waals surface area (Å²) >= 11 is 0. The average molecular weight is 180 g/mol. The van der Waals surface area contributed by atoms with Crippen molar-refractivity contribution >= 4 is 0 Å². The third kappa shape index (κ3) is 1.51. The van der Waals surface area contributed by atoms with Crippen molar-refractivity contribution in [2.24, 2.45) is 5.92 Å². The van der Waals surface area contributed by atoms with Gasteiger partial charge in [-0.1, -0.05) is 12.8 Å². The van der Waals surface area contributed by atoms with Gasteiger partial charge in [-0.25, -0.2) is 0 Å². The van der Waals surface area contributed by atoms with E-state index in [1.807, 2.05) is 13.0 Å². The highest BCUT2D eigenvalue weighted by Crippen LogP contribution is 2.40. The van der Waals surface area contributed by atoms with E-state index in [9.17, 15) is 5.11 Å². The second-order valence-electron chi connectivity index (χ2n) is 4.14. The molecular formula is C11H16O2. The first kappa shape index (κ1) is 8.82. The van der Waals surface area contributed by atoms with E-state index >= 15 is 0 Å². The van der Waals surface area contributed by atoms with Crippen LogP contribution < -0.4 is 0 Å². The van der Waals surface area contributed by atoms with Gasteiger partial charge in [0.1, 0.15) is 0 Å². The zero-order chi connectivity index (χ0) is 9.31. The molecule has 1 fully saturated rings. The predicted molar refractivity (Wildman–Crippen MR) is 50.2 cm³/mol. The molecule has 2 heteroatoms. The second kappa shape index (κ2) is 3.18. The Hall–Kier alpha value is -0.760. The van der Waals surface area contributed by atoms with Crippen molar-refractivity contribution in [3.63, 3.8) is 0 Å². The van der Waals surface area contributed by atoms with Crippen molar-refractivity contribution < 1.29 is 9.52 Å². The van der Waals surface area contributed by atoms with E-state index in [1.54, 1.807) is 12.5 Å². The third-order valence-corrected chi connectivity index (χ3v) is 3.26. The maximum Gasteiger partial charge on any atom is 0.0963 e. The molecule has 1 aliphatic carbocycles. The summed E-state index contributed by atoms with van der Waals surface area (Å²) < 4.78 is 5.00. The van der Waals surface area contributed by atoms with Gasteiger partial charge in [-0.15, -0.1) is 0 Å². The highest BCUT2D eigenvalue weighted by atomic mass is 16.3. The van der Waals surface area contributed by atoms with E-state index in [2.05, 4.69) is 0 Å². The van der Waals surface area contributed by atoms with Crippen LogP contribution in [0.15, 0.2) is 23.0 Å². The smallest absolute Gasteiger partial charge is 0.0963 e. The molecule has 2 nitrogen and oxygen atoms in total. The van der Waals surface area contributed by atoms with Gasteiger partial charge >= 0.3 is 0 Å². The summed E-state index contributed by atoms with van der Waals surface area (Å²) in [6, 6.07) is 1.86. The molecule has 0 spiro atoms. The first-order chi connectivity index (χ1) is 6.21. The van der Waals surface area contributed by atoms with Crippen molar-refractivity contribution in [2.75, 3.05) is 0 Å². The lowest BCUT2D eigenvalue weighted by molar-refractivity contribution is -0.00380. The van der Waals surface area contributed by atoms with Gasteiger partial charge in [-0.05, 0) is 31.7 Å². The average Bonchev–Trinajstić information content (AvgIpc) is 2.78. The van der Waals surface area contributed by atoms with Gasteiger partial charge in [0, 0.05) is 5.56 Å². The normalized spacial score (nSPS) is 23.2. The van der Waals surface area contributed by atoms with Crippen molar-refractivity contribution in [2.45, 2.75) is 38.2 Å². The van der Waals surface area contributed by atoms with Gasteiger partial charge in [-0.3, -0.25) is 0 Å². The SMILES string of the molecule is CC(O)(c1ccoc1)C1CCCC1. The largest absolute Gasteiger partial charge is 0.472 e. The molecule has 0 bridgehead atoms. The van der Waals surface area contributed by atoms with E-state index in [-0.39, 0.29) is 0 Å². The van der Waals surface area contributed by atoms with Crippen LogP contribution in [-0.2, 0) is 5.60 Å². The van der Waals surface area contributed by atoms with E-state index in [0.717, 1.165) is 18.4 Å². The van der Waals surface area contributed by atoms with E-state index in [4.69, 9.17) is 4.42 Å². The van der Waals surface area contributed by atoms with Crippen LogP contribution in [0.2, 0.25) is 0 Å². The summed E-state index contributed by atoms with van der Waals surface area (Å²) in [6.45, 7) is 1.90. The van der Waals surface area contributed by atoms with Crippen molar-refractivity contribution in [3.05, 3.63) is 24.2 Å². The zero-order valence-corrected chi connectivity index (χ0v) is 7.99. The van der Waals surface area contributed by atoms with E-state index in [1.165, 1.54) is 12.8 Å². The minimum Gasteiger partial charge on any atom is -0.472 e. The number of furan rings is 1. The molecule has 0 radical (unpaired) electrons. The summed E-state index contributed by atoms with van der Waals surface area (Å²) in [5.74, 6) is 0.407. The number of rotatable bonds is 2. The highest BCUT2D eigenvalue weighted by molar-refractivity contribution is 5.16. The van der Waals surface area contributed by atoms with Gasteiger partial charge in [0.25, 0.3) is 0 Å². The van der Waals surface area contributed by atoms with Gasteiger partial charge in [0.2, 0.25) is 0 Å². The fraction of sp³-hybridized carbons (Fsp3) is 0.636. The van der Waals surface area contributed by atoms with Gasteiger partial charge in [0.15, 0.2) is 0 Å². The Morgan fingerprint density at radius 2 is 2.15 bits per heavy atom. The number of hydrogen-bond donors (Lipinski definition) is 1. The molecule has 2 rings (SSSR count). The molecule has 1 saturated carbocycles. The second-order valence-corrected chi connectivity index (χ2v) is 4.14. The lowest BCUT2D eigenvalue weighted by Gasteiger charge is -2.28. The fourth-order valence-corrected chi connectivity index (χ4v) is 2.28. The van der Waals surface area contributed by atoms with Crippen LogP contribution in [0.1, 0.15) is 38.2 Å². The Kier molecular flexibility index (Phi) is 2.16. The molecule has 13 heavy (non-hydrogen) atoms. The molecule has 72 valence electrons. The van der Waals surface area contributed by atoms with Crippen molar-refractivity contribution in [1.82, 2.24) is 0 Å². The first-order valence-corrected chi connectivity index (χ1v) is 4.96. The zero-order valence-electron chi connectivity index (χ0n) is 7.99. The molecule has 1 unspecified atom stereocenters. The number of hydrogen-bond acceptors (Lipinski definition) is 2. The minimum atomic E-state index is -0.691. The van der Waals surface area contributed by atoms with Crippen LogP contribution in [-0.4, -0.2) is 5.11 Å². The Labute approximate surface area is 78.6 Å². The van der Waals surface area contributed by atoms with Crippen LogP contribution in [0, 0.1) is 5.92 Å². The molecule has 1 N–H and O–H groups in total. The third-order valence-electron chi connectivity index (χ3n) is 3.26. The summed E-state index contributed by atoms with van der Waals surface area (Å²) in [5.41, 5.74) is 0.225. The standard InChI is InChI=1S/C11H16O2/c1-11(12,9-4-2-3-5-9)10-6-7-13-8-10/h6-9,12H,2-5H2,1H3. The maximum absolute atomic E-state index is 10.3. The van der Waals surface area contributed by atoms with Gasteiger partial charge in [-0.2, -0.15) is 0 Å². The van der Waals surface area contributed by atoms with E-state index < -0.39 is 5.60 Å². The minimum absolute atomic E-state index is 0.407. The molecule has 0 aromatic carbocycles. The lowest BCUT2D eigenvalue weighted by atomic mass is 9.83. The first-order valence-electron chi connectivity index (χ1n) is 4.96. The molecule has 1 aromatic heterocycles. The fourth-order valence-electron chi connectivity index (χ4n) is 2.28. The molecule has 0 saturated heterocycles. The Morgan fingerprint density at radius 3 is 2.69 bits per heavy atom. The maximum atomic E-state index is 10.3. The Balaban J connectivity index is 2.19. The summed E-state index contributed by atoms with van der Waals surface area (Å²) in [5, 5.41) is 10.3. The topological polar surface area (TPSA) is 33.4 Å². The number of aliphatic hydroxyl groups is 1. The van der Waals surface area contributed by atoms with E-state index in [0.29, 0.717) is 5.92 Å². The van der Waals surface area contributed by atoms with Gasteiger partial charge in [0.05, 0.1) is 18.1 Å². The highest BCUT2D eigenvalue weighted by Gasteiger charge is 2.35. The van der Waals surface area contributed by atoms with Crippen molar-refractivity contribution in [1.29, 1.82) is 0 Å². The van der Waals surface area contributed by atoms with Crippen LogP contribution in [0.25, 0.3) is 0 Å². The summed E-state index contributed by atoms with van der Waals surface area (Å²) in [7, 11) is 0. The van der Waals surface area contributed by atoms with Crippen LogP contribution in [0.3, 0.4) is 0 Å². The quantitative estimate of drug-likeness (QED) is 0.759. The van der Waals surface area contributed by atoms with Gasteiger partial charge < -0.3 is 9.52 Å². The molecule has 0 amide bonds. The molecule has 1 atom stereocenters. The molecular weight excluding hydrogens is 164 g/mol. The molecule has 0 aliphatic heterocycles. The molecule has 1 heterocycles. The lowest BCUT2D eigenvalue weighted by Crippen LogP contribution is -2.29. The summed E-state index contributed by atoms with van der Waals surface area (Å²) in [6.07, 6.45) is 8.05. The molecule has 1 aliphatic rings. The Morgan fingerprint density at radius 1 is 1.46 bits per heavy atom.